The summed E-state index contributed by atoms with van der Waals surface area (Å²) >= 11 is 7.56. The molecule has 0 radical (unpaired) electrons. The Bertz CT molecular complexity index is 606. The van der Waals surface area contributed by atoms with Crippen LogP contribution in [-0.4, -0.2) is 34.5 Å². The lowest BCUT2D eigenvalue weighted by molar-refractivity contribution is 0.110. The molecule has 4 nitrogen and oxygen atoms in total. The average molecular weight is 338 g/mol. The third-order valence-electron chi connectivity index (χ3n) is 4.22. The number of nitrogens with zero attached hydrogens (tertiary/aromatic N) is 3. The van der Waals surface area contributed by atoms with Crippen LogP contribution >= 0.6 is 22.9 Å². The van der Waals surface area contributed by atoms with Crippen LogP contribution in [0.25, 0.3) is 0 Å². The smallest absolute Gasteiger partial charge is 0.208 e. The normalized spacial score (nSPS) is 17.7. The van der Waals surface area contributed by atoms with Gasteiger partial charge < -0.3 is 10.0 Å². The molecule has 0 spiro atoms. The highest BCUT2D eigenvalue weighted by molar-refractivity contribution is 7.15. The van der Waals surface area contributed by atoms with Crippen LogP contribution in [0, 0.1) is 5.92 Å². The summed E-state index contributed by atoms with van der Waals surface area (Å²) in [5.74, 6) is 0.415. The maximum Gasteiger partial charge on any atom is 0.208 e. The van der Waals surface area contributed by atoms with E-state index in [0.29, 0.717) is 5.92 Å². The number of aliphatic hydroxyl groups is 1. The molecule has 0 bridgehead atoms. The zero-order valence-corrected chi connectivity index (χ0v) is 14.1. The quantitative estimate of drug-likeness (QED) is 0.929. The molecule has 0 amide bonds. The number of halogens is 1. The van der Waals surface area contributed by atoms with E-state index >= 15 is 0 Å². The third kappa shape index (κ3) is 3.77. The van der Waals surface area contributed by atoms with Crippen LogP contribution in [0.15, 0.2) is 24.3 Å². The lowest BCUT2D eigenvalue weighted by atomic mass is 9.92. The summed E-state index contributed by atoms with van der Waals surface area (Å²) in [6, 6.07) is 7.86. The first-order valence-corrected chi connectivity index (χ1v) is 8.81. The Morgan fingerprint density at radius 3 is 2.59 bits per heavy atom. The van der Waals surface area contributed by atoms with Gasteiger partial charge >= 0.3 is 0 Å². The van der Waals surface area contributed by atoms with Crippen molar-refractivity contribution in [1.29, 1.82) is 0 Å². The molecular weight excluding hydrogens is 318 g/mol. The van der Waals surface area contributed by atoms with Gasteiger partial charge in [-0.15, -0.1) is 10.2 Å². The number of benzene rings is 1. The summed E-state index contributed by atoms with van der Waals surface area (Å²) in [6.07, 6.45) is 2.61. The molecule has 22 heavy (non-hydrogen) atoms. The van der Waals surface area contributed by atoms with Crippen LogP contribution in [0.4, 0.5) is 5.13 Å². The Morgan fingerprint density at radius 2 is 1.95 bits per heavy atom. The summed E-state index contributed by atoms with van der Waals surface area (Å²) in [5.41, 5.74) is 1.19. The van der Waals surface area contributed by atoms with E-state index in [-0.39, 0.29) is 6.10 Å². The molecule has 1 N–H and O–H groups in total. The number of rotatable bonds is 4. The first-order chi connectivity index (χ1) is 10.6. The third-order valence-corrected chi connectivity index (χ3v) is 5.45. The largest absolute Gasteiger partial charge is 0.393 e. The molecule has 6 heteroatoms. The van der Waals surface area contributed by atoms with Gasteiger partial charge in [0.25, 0.3) is 0 Å². The molecule has 1 aliphatic heterocycles. The molecule has 0 aliphatic carbocycles. The minimum atomic E-state index is -0.211. The van der Waals surface area contributed by atoms with Gasteiger partial charge in [0.1, 0.15) is 5.01 Å². The molecule has 1 unspecified atom stereocenters. The summed E-state index contributed by atoms with van der Waals surface area (Å²) in [5, 5.41) is 21.1. The van der Waals surface area contributed by atoms with Gasteiger partial charge in [-0.1, -0.05) is 35.1 Å². The SMILES string of the molecule is CC(O)C1CCN(c2nnc(Cc3ccc(Cl)cc3)s2)CC1. The number of hydrogen-bond acceptors (Lipinski definition) is 5. The van der Waals surface area contributed by atoms with Crippen molar-refractivity contribution < 1.29 is 5.11 Å². The van der Waals surface area contributed by atoms with Crippen molar-refractivity contribution in [3.8, 4) is 0 Å². The van der Waals surface area contributed by atoms with Crippen LogP contribution in [0.3, 0.4) is 0 Å². The van der Waals surface area contributed by atoms with Crippen LogP contribution in [-0.2, 0) is 6.42 Å². The zero-order valence-electron chi connectivity index (χ0n) is 12.6. The van der Waals surface area contributed by atoms with Gasteiger partial charge in [-0.25, -0.2) is 0 Å². The second-order valence-corrected chi connectivity index (χ2v) is 7.32. The number of piperidine rings is 1. The predicted octanol–water partition coefficient (Wildman–Crippen LogP) is 3.38. The number of aromatic nitrogens is 2. The van der Waals surface area contributed by atoms with E-state index in [1.165, 1.54) is 5.56 Å². The standard InChI is InChI=1S/C16H20ClN3OS/c1-11(21)13-6-8-20(9-7-13)16-19-18-15(22-16)10-12-2-4-14(17)5-3-12/h2-5,11,13,21H,6-10H2,1H3. The highest BCUT2D eigenvalue weighted by Gasteiger charge is 2.24. The molecule has 1 saturated heterocycles. The van der Waals surface area contributed by atoms with Gasteiger partial charge in [0.2, 0.25) is 5.13 Å². The Labute approximate surface area is 139 Å². The molecular formula is C16H20ClN3OS. The maximum atomic E-state index is 9.67. The Morgan fingerprint density at radius 1 is 1.27 bits per heavy atom. The van der Waals surface area contributed by atoms with E-state index < -0.39 is 0 Å². The summed E-state index contributed by atoms with van der Waals surface area (Å²) in [7, 11) is 0. The van der Waals surface area contributed by atoms with E-state index in [4.69, 9.17) is 11.6 Å². The molecule has 1 aromatic heterocycles. The maximum absolute atomic E-state index is 9.67. The van der Waals surface area contributed by atoms with Crippen molar-refractivity contribution in [1.82, 2.24) is 10.2 Å². The van der Waals surface area contributed by atoms with Gasteiger partial charge in [0.05, 0.1) is 6.10 Å². The summed E-state index contributed by atoms with van der Waals surface area (Å²) in [6.45, 7) is 3.78. The van der Waals surface area contributed by atoms with E-state index in [0.717, 1.165) is 47.5 Å². The van der Waals surface area contributed by atoms with Gasteiger partial charge in [-0.2, -0.15) is 0 Å². The van der Waals surface area contributed by atoms with Crippen molar-refractivity contribution in [3.63, 3.8) is 0 Å². The van der Waals surface area contributed by atoms with Crippen molar-refractivity contribution in [3.05, 3.63) is 39.9 Å². The monoisotopic (exact) mass is 337 g/mol. The lowest BCUT2D eigenvalue weighted by Crippen LogP contribution is -2.36. The van der Waals surface area contributed by atoms with Crippen molar-refractivity contribution >= 4 is 28.1 Å². The second kappa shape index (κ2) is 6.94. The van der Waals surface area contributed by atoms with Gasteiger partial charge in [0.15, 0.2) is 0 Å². The van der Waals surface area contributed by atoms with Crippen LogP contribution in [0.2, 0.25) is 5.02 Å². The Kier molecular flexibility index (Phi) is 4.96. The Balaban J connectivity index is 1.61. The second-order valence-electron chi connectivity index (χ2n) is 5.85. The van der Waals surface area contributed by atoms with Crippen LogP contribution < -0.4 is 4.90 Å². The topological polar surface area (TPSA) is 49.2 Å². The highest BCUT2D eigenvalue weighted by Crippen LogP contribution is 2.28. The van der Waals surface area contributed by atoms with Gasteiger partial charge in [-0.05, 0) is 43.4 Å². The number of hydrogen-bond donors (Lipinski definition) is 1. The molecule has 1 atom stereocenters. The van der Waals surface area contributed by atoms with E-state index in [9.17, 15) is 5.11 Å². The lowest BCUT2D eigenvalue weighted by Gasteiger charge is -2.32. The molecule has 1 aromatic carbocycles. The van der Waals surface area contributed by atoms with Crippen molar-refractivity contribution in [2.75, 3.05) is 18.0 Å². The molecule has 118 valence electrons. The number of anilines is 1. The number of aliphatic hydroxyl groups excluding tert-OH is 1. The summed E-state index contributed by atoms with van der Waals surface area (Å²) in [4.78, 5) is 2.28. The molecule has 3 rings (SSSR count). The molecule has 2 heterocycles. The minimum absolute atomic E-state index is 0.211. The molecule has 1 aliphatic rings. The van der Waals surface area contributed by atoms with Crippen molar-refractivity contribution in [2.24, 2.45) is 5.92 Å². The summed E-state index contributed by atoms with van der Waals surface area (Å²) < 4.78 is 0. The molecule has 0 saturated carbocycles. The first-order valence-electron chi connectivity index (χ1n) is 7.61. The highest BCUT2D eigenvalue weighted by atomic mass is 35.5. The first kappa shape index (κ1) is 15.7. The van der Waals surface area contributed by atoms with E-state index in [1.807, 2.05) is 31.2 Å². The minimum Gasteiger partial charge on any atom is -0.393 e. The zero-order chi connectivity index (χ0) is 15.5. The Hall–Kier alpha value is -1.17. The fourth-order valence-corrected chi connectivity index (χ4v) is 3.84. The van der Waals surface area contributed by atoms with Crippen molar-refractivity contribution in [2.45, 2.75) is 32.3 Å². The fraction of sp³-hybridized carbons (Fsp3) is 0.500. The molecule has 2 aromatic rings. The van der Waals surface area contributed by atoms with Gasteiger partial charge in [-0.3, -0.25) is 0 Å². The predicted molar refractivity (Wildman–Crippen MR) is 90.8 cm³/mol. The van der Waals surface area contributed by atoms with Crippen LogP contribution in [0.5, 0.6) is 0 Å². The van der Waals surface area contributed by atoms with Crippen LogP contribution in [0.1, 0.15) is 30.3 Å². The average Bonchev–Trinajstić information content (AvgIpc) is 2.98. The fourth-order valence-electron chi connectivity index (χ4n) is 2.79. The van der Waals surface area contributed by atoms with E-state index in [2.05, 4.69) is 15.1 Å². The molecule has 1 fully saturated rings. The van der Waals surface area contributed by atoms with Gasteiger partial charge in [0, 0.05) is 24.5 Å². The van der Waals surface area contributed by atoms with E-state index in [1.54, 1.807) is 11.3 Å².